The third-order valence-corrected chi connectivity index (χ3v) is 7.44. The molecule has 0 aromatic rings. The highest BCUT2D eigenvalue weighted by Crippen LogP contribution is 2.71. The van der Waals surface area contributed by atoms with Gasteiger partial charge < -0.3 is 5.32 Å². The molecule has 0 radical (unpaired) electrons. The number of amides is 1. The molecular weight excluding hydrogens is 222 g/mol. The topological polar surface area (TPSA) is 29.1 Å². The molecule has 2 nitrogen and oxygen atoms in total. The lowest BCUT2D eigenvalue weighted by molar-refractivity contribution is -0.215. The van der Waals surface area contributed by atoms with Crippen LogP contribution in [0.5, 0.6) is 0 Å². The maximum absolute atomic E-state index is 11.6. The van der Waals surface area contributed by atoms with Gasteiger partial charge in [-0.1, -0.05) is 0 Å². The van der Waals surface area contributed by atoms with Gasteiger partial charge in [-0.2, -0.15) is 0 Å². The van der Waals surface area contributed by atoms with Crippen LogP contribution in [0, 0.1) is 41.4 Å². The number of nitrogens with one attached hydrogen (secondary N) is 1. The lowest BCUT2D eigenvalue weighted by Gasteiger charge is -2.72. The van der Waals surface area contributed by atoms with E-state index in [4.69, 9.17) is 0 Å². The van der Waals surface area contributed by atoms with Crippen molar-refractivity contribution in [2.45, 2.75) is 51.0 Å². The molecule has 1 N–H and O–H groups in total. The number of carbonyl (C=O) groups is 1. The van der Waals surface area contributed by atoms with Gasteiger partial charge in [-0.25, -0.2) is 0 Å². The van der Waals surface area contributed by atoms with Crippen LogP contribution in [0.2, 0.25) is 0 Å². The Morgan fingerprint density at radius 1 is 0.889 bits per heavy atom. The number of carbonyl (C=O) groups excluding carboxylic acids is 1. The van der Waals surface area contributed by atoms with E-state index in [9.17, 15) is 4.79 Å². The molecule has 0 heterocycles. The van der Waals surface area contributed by atoms with Crippen LogP contribution in [0.1, 0.15) is 45.4 Å². The van der Waals surface area contributed by atoms with Crippen molar-refractivity contribution in [3.05, 3.63) is 0 Å². The van der Waals surface area contributed by atoms with Crippen molar-refractivity contribution in [1.29, 1.82) is 0 Å². The first kappa shape index (κ1) is 10.3. The molecule has 8 bridgehead atoms. The molecule has 98 valence electrons. The highest BCUT2D eigenvalue weighted by atomic mass is 16.1. The Balaban J connectivity index is 1.56. The van der Waals surface area contributed by atoms with Crippen molar-refractivity contribution in [2.24, 2.45) is 41.4 Å². The smallest absolute Gasteiger partial charge is 0.217 e. The van der Waals surface area contributed by atoms with Crippen LogP contribution >= 0.6 is 0 Å². The van der Waals surface area contributed by atoms with E-state index in [2.05, 4.69) is 5.32 Å². The summed E-state index contributed by atoms with van der Waals surface area (Å²) in [6, 6.07) is 0. The van der Waals surface area contributed by atoms with Gasteiger partial charge in [0.25, 0.3) is 0 Å². The second-order valence-corrected chi connectivity index (χ2v) is 8.13. The van der Waals surface area contributed by atoms with E-state index in [0.717, 1.165) is 41.4 Å². The summed E-state index contributed by atoms with van der Waals surface area (Å²) < 4.78 is 0. The van der Waals surface area contributed by atoms with Gasteiger partial charge >= 0.3 is 0 Å². The summed E-state index contributed by atoms with van der Waals surface area (Å²) >= 11 is 0. The molecule has 18 heavy (non-hydrogen) atoms. The van der Waals surface area contributed by atoms with Gasteiger partial charge in [-0.05, 0) is 80.0 Å². The fraction of sp³-hybridized carbons (Fsp3) is 0.938. The van der Waals surface area contributed by atoms with E-state index < -0.39 is 0 Å². The largest absolute Gasteiger partial charge is 0.351 e. The molecule has 7 rings (SSSR count). The first-order chi connectivity index (χ1) is 8.65. The van der Waals surface area contributed by atoms with Crippen molar-refractivity contribution in [3.63, 3.8) is 0 Å². The van der Waals surface area contributed by atoms with Crippen LogP contribution in [0.3, 0.4) is 0 Å². The molecule has 0 aromatic carbocycles. The average Bonchev–Trinajstić information content (AvgIpc) is 2.33. The van der Waals surface area contributed by atoms with Crippen LogP contribution in [0.25, 0.3) is 0 Å². The fourth-order valence-corrected chi connectivity index (χ4v) is 7.44. The van der Waals surface area contributed by atoms with Gasteiger partial charge in [0.1, 0.15) is 0 Å². The normalized spacial score (nSPS) is 62.4. The second-order valence-electron chi connectivity index (χ2n) is 8.13. The van der Waals surface area contributed by atoms with Crippen LogP contribution in [-0.2, 0) is 4.79 Å². The van der Waals surface area contributed by atoms with Crippen LogP contribution < -0.4 is 5.32 Å². The number of rotatable bonds is 1. The lowest BCUT2D eigenvalue weighted by Crippen LogP contribution is -2.71. The quantitative estimate of drug-likeness (QED) is 0.756. The maximum atomic E-state index is 11.6. The maximum Gasteiger partial charge on any atom is 0.217 e. The van der Waals surface area contributed by atoms with Crippen molar-refractivity contribution >= 4 is 5.91 Å². The van der Waals surface area contributed by atoms with Crippen LogP contribution in [0.4, 0.5) is 0 Å². The molecule has 7 aliphatic carbocycles. The summed E-state index contributed by atoms with van der Waals surface area (Å²) in [6.45, 7) is 1.71. The zero-order chi connectivity index (χ0) is 12.1. The summed E-state index contributed by atoms with van der Waals surface area (Å²) in [5.41, 5.74) is 0.222. The Hall–Kier alpha value is -0.530. The molecule has 0 aromatic heterocycles. The summed E-state index contributed by atoms with van der Waals surface area (Å²) in [4.78, 5) is 11.6. The Bertz CT molecular complexity index is 369. The first-order valence-corrected chi connectivity index (χ1v) is 7.94. The van der Waals surface area contributed by atoms with Crippen molar-refractivity contribution in [1.82, 2.24) is 5.32 Å². The predicted molar refractivity (Wildman–Crippen MR) is 68.7 cm³/mol. The van der Waals surface area contributed by atoms with E-state index in [1.807, 2.05) is 0 Å². The lowest BCUT2D eigenvalue weighted by atomic mass is 9.34. The minimum Gasteiger partial charge on any atom is -0.351 e. The molecule has 0 spiro atoms. The minimum absolute atomic E-state index is 0.202. The summed E-state index contributed by atoms with van der Waals surface area (Å²) in [5.74, 6) is 7.35. The molecule has 0 unspecified atom stereocenters. The number of hydrogen-bond donors (Lipinski definition) is 1. The first-order valence-electron chi connectivity index (χ1n) is 7.94. The van der Waals surface area contributed by atoms with Gasteiger partial charge in [-0.3, -0.25) is 4.79 Å². The Kier molecular flexibility index (Phi) is 1.69. The summed E-state index contributed by atoms with van der Waals surface area (Å²) in [6.07, 6.45) is 8.54. The summed E-state index contributed by atoms with van der Waals surface area (Å²) in [5, 5.41) is 3.38. The van der Waals surface area contributed by atoms with Gasteiger partial charge in [0.05, 0.1) is 0 Å². The summed E-state index contributed by atoms with van der Waals surface area (Å²) in [7, 11) is 0. The van der Waals surface area contributed by atoms with E-state index in [-0.39, 0.29) is 11.4 Å². The molecule has 7 aliphatic rings. The molecule has 7 saturated carbocycles. The minimum atomic E-state index is 0.202. The predicted octanol–water partition coefficient (Wildman–Crippen LogP) is 2.58. The molecular formula is C16H23NO. The van der Waals surface area contributed by atoms with Gasteiger partial charge in [0.15, 0.2) is 0 Å². The fourth-order valence-electron chi connectivity index (χ4n) is 7.44. The Morgan fingerprint density at radius 2 is 1.33 bits per heavy atom. The van der Waals surface area contributed by atoms with E-state index >= 15 is 0 Å². The van der Waals surface area contributed by atoms with Crippen molar-refractivity contribution in [3.8, 4) is 0 Å². The Labute approximate surface area is 109 Å². The monoisotopic (exact) mass is 245 g/mol. The van der Waals surface area contributed by atoms with Crippen LogP contribution in [-0.4, -0.2) is 11.4 Å². The molecule has 0 saturated heterocycles. The highest BCUT2D eigenvalue weighted by molar-refractivity contribution is 5.74. The molecule has 0 aliphatic heterocycles. The van der Waals surface area contributed by atoms with Crippen molar-refractivity contribution in [2.75, 3.05) is 0 Å². The molecule has 0 atom stereocenters. The van der Waals surface area contributed by atoms with Gasteiger partial charge in [0.2, 0.25) is 5.91 Å². The molecule has 2 heteroatoms. The zero-order valence-electron chi connectivity index (χ0n) is 11.2. The van der Waals surface area contributed by atoms with Gasteiger partial charge in [-0.15, -0.1) is 0 Å². The van der Waals surface area contributed by atoms with E-state index in [0.29, 0.717) is 0 Å². The highest BCUT2D eigenvalue weighted by Gasteiger charge is 2.67. The zero-order valence-corrected chi connectivity index (χ0v) is 11.2. The van der Waals surface area contributed by atoms with E-state index in [1.165, 1.54) is 38.5 Å². The third kappa shape index (κ3) is 1.05. The average molecular weight is 245 g/mol. The van der Waals surface area contributed by atoms with E-state index in [1.54, 1.807) is 6.92 Å². The Morgan fingerprint density at radius 3 is 1.72 bits per heavy atom. The molecule has 1 amide bonds. The van der Waals surface area contributed by atoms with Crippen molar-refractivity contribution < 1.29 is 4.79 Å². The standard InChI is InChI=1S/C16H23NO/c1-8(18)17-16-5-13-10-2-9-3-11(13)15(7-16)12(4-9)14(10)6-16/h9-15H,2-7H2,1H3,(H,17,18). The number of hydrogen-bond acceptors (Lipinski definition) is 1. The van der Waals surface area contributed by atoms with Gasteiger partial charge in [0, 0.05) is 12.5 Å². The molecule has 7 fully saturated rings. The van der Waals surface area contributed by atoms with Crippen LogP contribution in [0.15, 0.2) is 0 Å². The SMILES string of the molecule is CC(=O)NC12CC3C4CC5CC3C(C1)C(C5)C4C2. The third-order valence-electron chi connectivity index (χ3n) is 7.44. The second kappa shape index (κ2) is 2.96.